The van der Waals surface area contributed by atoms with E-state index in [1.807, 2.05) is 120 Å². The van der Waals surface area contributed by atoms with E-state index in [-0.39, 0.29) is 84.2 Å². The van der Waals surface area contributed by atoms with Crippen molar-refractivity contribution in [3.05, 3.63) is 121 Å². The average Bonchev–Trinajstić information content (AvgIpc) is 0.930. The fraction of sp³-hybridized carbons (Fsp3) is 0.700. The van der Waals surface area contributed by atoms with Crippen LogP contribution >= 0.6 is 0 Å². The van der Waals surface area contributed by atoms with Crippen molar-refractivity contribution < 1.29 is 44.2 Å². The van der Waals surface area contributed by atoms with E-state index in [2.05, 4.69) is 53.9 Å². The summed E-state index contributed by atoms with van der Waals surface area (Å²) in [5.74, 6) is 3.96. The van der Waals surface area contributed by atoms with Crippen molar-refractivity contribution in [3.63, 3.8) is 0 Å². The summed E-state index contributed by atoms with van der Waals surface area (Å²) in [6.45, 7) is 8.92. The number of hydrogen-bond donors (Lipinski definition) is 3. The van der Waals surface area contributed by atoms with Crippen molar-refractivity contribution in [1.29, 1.82) is 0 Å². The third-order valence-electron chi connectivity index (χ3n) is 31.7. The van der Waals surface area contributed by atoms with Crippen LogP contribution in [0.4, 0.5) is 0 Å². The number of benzene rings is 3. The van der Waals surface area contributed by atoms with Crippen LogP contribution in [-0.4, -0.2) is 219 Å². The van der Waals surface area contributed by atoms with E-state index >= 15 is 0 Å². The number of aromatic nitrogens is 6. The molecule has 126 heavy (non-hydrogen) atoms. The molecule has 3 aromatic heterocycles. The molecule has 12 atom stereocenters. The van der Waals surface area contributed by atoms with Crippen LogP contribution in [0.3, 0.4) is 0 Å². The Hall–Kier alpha value is -8.30. The molecule has 684 valence electrons. The fourth-order valence-corrected chi connectivity index (χ4v) is 26.7. The number of aliphatic carboxylic acids is 3. The second kappa shape index (κ2) is 41.6. The quantitative estimate of drug-likeness (QED) is 0.0223. The molecule has 12 unspecified atom stereocenters. The number of hydrogen-bond acceptors (Lipinski definition) is 20. The fourth-order valence-electron chi connectivity index (χ4n) is 26.7. The summed E-state index contributed by atoms with van der Waals surface area (Å²) in [6.07, 6.45) is 42.4. The molecule has 12 bridgehead atoms. The second-order valence-corrected chi connectivity index (χ2v) is 40.7. The van der Waals surface area contributed by atoms with E-state index in [0.29, 0.717) is 91.1 Å². The van der Waals surface area contributed by atoms with Gasteiger partial charge in [-0.3, -0.25) is 38.7 Å². The molecule has 0 radical (unpaired) electrons. The number of carboxylic acid groups (broad SMARTS) is 3. The molecule has 6 saturated carbocycles. The maximum Gasteiger partial charge on any atom is 0.360 e. The minimum Gasteiger partial charge on any atom is -0.481 e. The molecular weight excluding hydrogens is 1590 g/mol. The van der Waals surface area contributed by atoms with E-state index in [9.17, 15) is 44.1 Å². The Balaban J connectivity index is 0.000000140. The van der Waals surface area contributed by atoms with Gasteiger partial charge in [0.25, 0.3) is 16.7 Å². The number of likely N-dealkylation sites (N-methyl/N-ethyl adjacent to an activating group) is 1. The van der Waals surface area contributed by atoms with Crippen LogP contribution in [0.5, 0.6) is 0 Å². The average molecular weight is 1730 g/mol. The van der Waals surface area contributed by atoms with E-state index in [1.165, 1.54) is 173 Å². The Morgan fingerprint density at radius 3 is 1.09 bits per heavy atom. The van der Waals surface area contributed by atoms with Gasteiger partial charge in [0.2, 0.25) is 5.71 Å². The predicted octanol–water partition coefficient (Wildman–Crippen LogP) is 16.6. The van der Waals surface area contributed by atoms with Gasteiger partial charge in [-0.25, -0.2) is 19.7 Å². The lowest BCUT2D eigenvalue weighted by Gasteiger charge is -2.56. The second-order valence-electron chi connectivity index (χ2n) is 40.7. The van der Waals surface area contributed by atoms with Crippen LogP contribution in [0.1, 0.15) is 300 Å². The third-order valence-corrected chi connectivity index (χ3v) is 31.7. The summed E-state index contributed by atoms with van der Waals surface area (Å²) in [5.41, 5.74) is 4.28. The number of para-hydroxylation sites is 6. The normalized spacial score (nSPS) is 31.2. The molecule has 26 heteroatoms. The number of carbonyl (C=O) groups is 3. The molecule has 6 aliphatic heterocycles. The molecule has 6 saturated heterocycles. The SMILES string of the molecule is CCC1CC2CC(C1)CC(N1C3CCCC1CC(n1c(=O)c(/C(CCC(=O)O)=N/OCCCN(C)C)nc4ccccc41)C3)C2.CCC1CC2CC(C1)CC(N1C3CCCC1CC(n1c(=O)c(/C(CCC(=O)O)=N/OCCN(C)C)nc4ccccc41)C3)C2.CCO/N=C(\C(=O)O)c1nc2ccccc2n(C2CC3CCC(C2)N3C2CC3CCCCC(C3)C2)c1=O. The number of rotatable bonds is 29. The van der Waals surface area contributed by atoms with Gasteiger partial charge in [-0.1, -0.05) is 117 Å². The molecular formula is C100H142N14O12. The molecule has 0 spiro atoms. The Labute approximate surface area is 743 Å². The molecule has 6 aromatic rings. The van der Waals surface area contributed by atoms with Crippen molar-refractivity contribution in [2.45, 2.75) is 337 Å². The highest BCUT2D eigenvalue weighted by atomic mass is 16.6. The highest BCUT2D eigenvalue weighted by molar-refractivity contribution is 6.41. The first-order chi connectivity index (χ1) is 61.1. The smallest absolute Gasteiger partial charge is 0.360 e. The third kappa shape index (κ3) is 20.9. The maximum atomic E-state index is 14.4. The van der Waals surface area contributed by atoms with Crippen molar-refractivity contribution in [2.24, 2.45) is 62.8 Å². The molecule has 6 aliphatic carbocycles. The van der Waals surface area contributed by atoms with Crippen LogP contribution in [0, 0.1) is 47.3 Å². The van der Waals surface area contributed by atoms with Crippen LogP contribution in [0.15, 0.2) is 103 Å². The minimum atomic E-state index is -1.31. The number of piperidine rings is 5. The maximum absolute atomic E-state index is 14.4. The predicted molar refractivity (Wildman–Crippen MR) is 493 cm³/mol. The molecule has 12 fully saturated rings. The van der Waals surface area contributed by atoms with Crippen molar-refractivity contribution in [1.82, 2.24) is 53.2 Å². The summed E-state index contributed by atoms with van der Waals surface area (Å²) in [6, 6.07) is 28.4. The lowest BCUT2D eigenvalue weighted by Crippen LogP contribution is -2.59. The van der Waals surface area contributed by atoms with Crippen LogP contribution < -0.4 is 16.7 Å². The largest absolute Gasteiger partial charge is 0.481 e. The van der Waals surface area contributed by atoms with Gasteiger partial charge < -0.3 is 53.3 Å². The molecule has 0 amide bonds. The van der Waals surface area contributed by atoms with E-state index in [4.69, 9.17) is 24.5 Å². The summed E-state index contributed by atoms with van der Waals surface area (Å²) < 4.78 is 5.80. The van der Waals surface area contributed by atoms with Gasteiger partial charge in [0, 0.05) is 98.4 Å². The van der Waals surface area contributed by atoms with E-state index in [1.54, 1.807) is 6.92 Å². The van der Waals surface area contributed by atoms with E-state index in [0.717, 1.165) is 126 Å². The molecule has 18 rings (SSSR count). The van der Waals surface area contributed by atoms with Gasteiger partial charge in [0.05, 0.1) is 45.9 Å². The van der Waals surface area contributed by atoms with Gasteiger partial charge in [-0.15, -0.1) is 0 Å². The molecule has 12 aliphatic rings. The topological polar surface area (TPSA) is 298 Å². The molecule has 3 N–H and O–H groups in total. The number of carboxylic acids is 3. The van der Waals surface area contributed by atoms with Crippen LogP contribution in [0.2, 0.25) is 0 Å². The van der Waals surface area contributed by atoms with Crippen molar-refractivity contribution in [2.75, 3.05) is 61.1 Å². The van der Waals surface area contributed by atoms with Crippen LogP contribution in [-0.2, 0) is 28.9 Å². The summed E-state index contributed by atoms with van der Waals surface area (Å²) >= 11 is 0. The zero-order valence-corrected chi connectivity index (χ0v) is 76.2. The molecule has 3 aromatic carbocycles. The van der Waals surface area contributed by atoms with Gasteiger partial charge >= 0.3 is 17.9 Å². The lowest BCUT2D eigenvalue weighted by molar-refractivity contribution is -0.137. The monoisotopic (exact) mass is 1730 g/mol. The van der Waals surface area contributed by atoms with Gasteiger partial charge in [0.1, 0.15) is 31.2 Å². The molecule has 26 nitrogen and oxygen atoms in total. The van der Waals surface area contributed by atoms with E-state index < -0.39 is 23.6 Å². The highest BCUT2D eigenvalue weighted by Gasteiger charge is 2.51. The van der Waals surface area contributed by atoms with Crippen molar-refractivity contribution in [3.8, 4) is 0 Å². The van der Waals surface area contributed by atoms with Crippen LogP contribution in [0.25, 0.3) is 33.1 Å². The summed E-state index contributed by atoms with van der Waals surface area (Å²) in [5, 5.41) is 41.1. The Morgan fingerprint density at radius 2 is 0.722 bits per heavy atom. The Bertz CT molecular complexity index is 4980. The first-order valence-corrected chi connectivity index (χ1v) is 49.0. The summed E-state index contributed by atoms with van der Waals surface area (Å²) in [4.78, 5) is 121. The standard InChI is InChI=1S/C36H53N5O4.C35H51N5O4.C29H38N4O4/c1-4-24-17-25-19-26(18-24)21-29(20-25)40-27-9-7-10-28(40)23-30(22-27)41-33-12-6-5-11-31(33)37-35(36(41)44)32(13-14-34(42)43)38-45-16-8-15-39(2)3;1-4-23-16-24-18-25(17-23)20-28(19-24)39-26-8-7-9-27(39)22-29(21-26)40-32-11-6-5-10-30(32)36-34(35(40)43)31(12-13-33(41)42)37-44-15-14-38(2)3;1-2-37-31-27(29(35)36)26-28(34)33(25-10-6-5-9-24(25)30-26)23-16-20-11-12-21(17-23)32(20)22-14-18-7-3-4-8-19(13-18)15-22/h5-6,11-12,24-30H,4,7-10,13-23H2,1-3H3,(H,42,43);5-6,10-11,23-29H,4,7-9,12-22H2,1-3H3,(H,41,42);5-6,9-10,18-23H,2-4,7-8,11-17H2,1H3,(H,35,36)/b38-32+;37-31+;31-27-. The first-order valence-electron chi connectivity index (χ1n) is 49.0. The Kier molecular flexibility index (Phi) is 30.1. The molecule has 9 heterocycles. The zero-order chi connectivity index (χ0) is 87.8. The lowest BCUT2D eigenvalue weighted by atomic mass is 9.64. The zero-order valence-electron chi connectivity index (χ0n) is 76.2. The highest BCUT2D eigenvalue weighted by Crippen LogP contribution is 2.53. The first kappa shape index (κ1) is 91.0. The number of nitrogens with zero attached hydrogens (tertiary/aromatic N) is 14. The van der Waals surface area contributed by atoms with Gasteiger partial charge in [-0.05, 0) is 286 Å². The number of oxime groups is 3. The number of fused-ring (bicyclic) bond motifs is 15. The van der Waals surface area contributed by atoms with Crippen molar-refractivity contribution >= 4 is 68.1 Å². The van der Waals surface area contributed by atoms with Gasteiger partial charge in [0.15, 0.2) is 17.1 Å². The summed E-state index contributed by atoms with van der Waals surface area (Å²) in [7, 11) is 7.90. The Morgan fingerprint density at radius 1 is 0.373 bits per heavy atom. The van der Waals surface area contributed by atoms with Gasteiger partial charge in [-0.2, -0.15) is 0 Å². The minimum absolute atomic E-state index is 0.0147.